The van der Waals surface area contributed by atoms with Gasteiger partial charge >= 0.3 is 5.97 Å². The SMILES string of the molecule is COC(=O)c1cccc(Nc2ncnc3c2cnn3-c2ccc(F)cc2)c1. The molecule has 134 valence electrons. The fourth-order valence-corrected chi connectivity index (χ4v) is 2.69. The minimum absolute atomic E-state index is 0.322. The number of anilines is 2. The van der Waals surface area contributed by atoms with Crippen molar-refractivity contribution >= 4 is 28.5 Å². The number of rotatable bonds is 4. The van der Waals surface area contributed by atoms with Crippen LogP contribution in [0, 0.1) is 5.82 Å². The summed E-state index contributed by atoms with van der Waals surface area (Å²) >= 11 is 0. The van der Waals surface area contributed by atoms with Crippen LogP contribution in [0.25, 0.3) is 16.7 Å². The number of esters is 1. The summed E-state index contributed by atoms with van der Waals surface area (Å²) in [5.41, 5.74) is 2.36. The van der Waals surface area contributed by atoms with Crippen molar-refractivity contribution in [3.8, 4) is 5.69 Å². The van der Waals surface area contributed by atoms with E-state index in [0.717, 1.165) is 0 Å². The minimum Gasteiger partial charge on any atom is -0.465 e. The molecule has 1 N–H and O–H groups in total. The monoisotopic (exact) mass is 363 g/mol. The molecule has 0 fully saturated rings. The average molecular weight is 363 g/mol. The Labute approximate surface area is 153 Å². The zero-order valence-corrected chi connectivity index (χ0v) is 14.3. The zero-order chi connectivity index (χ0) is 18.8. The lowest BCUT2D eigenvalue weighted by Crippen LogP contribution is -2.02. The van der Waals surface area contributed by atoms with Gasteiger partial charge in [0.25, 0.3) is 0 Å². The molecule has 0 amide bonds. The van der Waals surface area contributed by atoms with Crippen LogP contribution in [0.2, 0.25) is 0 Å². The molecule has 0 aliphatic carbocycles. The highest BCUT2D eigenvalue weighted by molar-refractivity contribution is 5.92. The van der Waals surface area contributed by atoms with Gasteiger partial charge in [-0.25, -0.2) is 23.8 Å². The summed E-state index contributed by atoms with van der Waals surface area (Å²) in [7, 11) is 1.33. The molecule has 27 heavy (non-hydrogen) atoms. The molecule has 4 aromatic rings. The van der Waals surface area contributed by atoms with E-state index in [1.54, 1.807) is 41.2 Å². The lowest BCUT2D eigenvalue weighted by atomic mass is 10.2. The lowest BCUT2D eigenvalue weighted by Gasteiger charge is -2.08. The molecule has 0 saturated carbocycles. The van der Waals surface area contributed by atoms with Crippen molar-refractivity contribution in [2.45, 2.75) is 0 Å². The second-order valence-corrected chi connectivity index (χ2v) is 5.69. The number of benzene rings is 2. The normalized spacial score (nSPS) is 10.7. The van der Waals surface area contributed by atoms with Gasteiger partial charge < -0.3 is 10.1 Å². The highest BCUT2D eigenvalue weighted by Gasteiger charge is 2.12. The minimum atomic E-state index is -0.421. The molecule has 0 radical (unpaired) electrons. The van der Waals surface area contributed by atoms with Gasteiger partial charge in [-0.05, 0) is 42.5 Å². The second-order valence-electron chi connectivity index (χ2n) is 5.69. The van der Waals surface area contributed by atoms with Crippen LogP contribution in [0.15, 0.2) is 61.1 Å². The van der Waals surface area contributed by atoms with Crippen LogP contribution >= 0.6 is 0 Å². The van der Waals surface area contributed by atoms with E-state index in [0.29, 0.717) is 33.8 Å². The molecule has 0 spiro atoms. The van der Waals surface area contributed by atoms with Crippen LogP contribution in [0.1, 0.15) is 10.4 Å². The van der Waals surface area contributed by atoms with Crippen molar-refractivity contribution in [2.24, 2.45) is 0 Å². The summed E-state index contributed by atoms with van der Waals surface area (Å²) in [6, 6.07) is 12.9. The van der Waals surface area contributed by atoms with E-state index in [1.807, 2.05) is 6.07 Å². The van der Waals surface area contributed by atoms with Crippen LogP contribution in [0.5, 0.6) is 0 Å². The van der Waals surface area contributed by atoms with Crippen molar-refractivity contribution in [1.29, 1.82) is 0 Å². The van der Waals surface area contributed by atoms with E-state index >= 15 is 0 Å². The highest BCUT2D eigenvalue weighted by atomic mass is 19.1. The summed E-state index contributed by atoms with van der Waals surface area (Å²) in [4.78, 5) is 20.2. The Hall–Kier alpha value is -3.81. The Morgan fingerprint density at radius 2 is 1.96 bits per heavy atom. The van der Waals surface area contributed by atoms with Gasteiger partial charge in [-0.2, -0.15) is 5.10 Å². The van der Waals surface area contributed by atoms with Gasteiger partial charge in [0.1, 0.15) is 18.0 Å². The van der Waals surface area contributed by atoms with Crippen LogP contribution < -0.4 is 5.32 Å². The third-order valence-electron chi connectivity index (χ3n) is 3.98. The Bertz CT molecular complexity index is 1120. The third-order valence-corrected chi connectivity index (χ3v) is 3.98. The quantitative estimate of drug-likeness (QED) is 0.559. The number of fused-ring (bicyclic) bond motifs is 1. The van der Waals surface area contributed by atoms with Crippen LogP contribution in [0.4, 0.5) is 15.9 Å². The number of nitrogens with one attached hydrogen (secondary N) is 1. The van der Waals surface area contributed by atoms with Crippen LogP contribution in [-0.4, -0.2) is 32.8 Å². The Morgan fingerprint density at radius 1 is 1.15 bits per heavy atom. The average Bonchev–Trinajstić information content (AvgIpc) is 3.13. The van der Waals surface area contributed by atoms with Gasteiger partial charge in [0.15, 0.2) is 5.65 Å². The number of carbonyl (C=O) groups excluding carboxylic acids is 1. The first-order valence-electron chi connectivity index (χ1n) is 8.06. The molecule has 2 aromatic carbocycles. The molecule has 4 rings (SSSR count). The predicted octanol–water partition coefficient (Wildman–Crippen LogP) is 3.48. The summed E-state index contributed by atoms with van der Waals surface area (Å²) in [6.07, 6.45) is 3.04. The molecule has 2 heterocycles. The first-order valence-corrected chi connectivity index (χ1v) is 8.06. The molecule has 0 atom stereocenters. The van der Waals surface area contributed by atoms with Crippen molar-refractivity contribution in [3.05, 3.63) is 72.4 Å². The largest absolute Gasteiger partial charge is 0.465 e. The maximum atomic E-state index is 13.2. The highest BCUT2D eigenvalue weighted by Crippen LogP contribution is 2.25. The van der Waals surface area contributed by atoms with E-state index in [-0.39, 0.29) is 5.82 Å². The van der Waals surface area contributed by atoms with Crippen LogP contribution in [-0.2, 0) is 4.74 Å². The second kappa shape index (κ2) is 6.83. The number of nitrogens with zero attached hydrogens (tertiary/aromatic N) is 4. The molecule has 7 nitrogen and oxygen atoms in total. The molecular weight excluding hydrogens is 349 g/mol. The zero-order valence-electron chi connectivity index (χ0n) is 14.3. The fraction of sp³-hybridized carbons (Fsp3) is 0.0526. The standard InChI is InChI=1S/C19H14FN5O2/c1-27-19(26)12-3-2-4-14(9-12)24-17-16-10-23-25(18(16)22-11-21-17)15-7-5-13(20)6-8-15/h2-11H,1H3,(H,21,22,24). The number of methoxy groups -OCH3 is 1. The smallest absolute Gasteiger partial charge is 0.337 e. The number of halogens is 1. The summed E-state index contributed by atoms with van der Waals surface area (Å²) in [5.74, 6) is -0.205. The summed E-state index contributed by atoms with van der Waals surface area (Å²) < 4.78 is 19.5. The van der Waals surface area contributed by atoms with Gasteiger partial charge in [-0.15, -0.1) is 0 Å². The van der Waals surface area contributed by atoms with E-state index in [4.69, 9.17) is 4.74 Å². The Morgan fingerprint density at radius 3 is 2.74 bits per heavy atom. The van der Waals surface area contributed by atoms with Gasteiger partial charge in [0.05, 0.1) is 29.9 Å². The first-order chi connectivity index (χ1) is 13.2. The molecule has 0 aliphatic heterocycles. The van der Waals surface area contributed by atoms with Gasteiger partial charge in [-0.1, -0.05) is 6.07 Å². The number of carbonyl (C=O) groups is 1. The van der Waals surface area contributed by atoms with E-state index in [9.17, 15) is 9.18 Å². The number of ether oxygens (including phenoxy) is 1. The van der Waals surface area contributed by atoms with Crippen molar-refractivity contribution in [1.82, 2.24) is 19.7 Å². The summed E-state index contributed by atoms with van der Waals surface area (Å²) in [5, 5.41) is 8.19. The van der Waals surface area contributed by atoms with Crippen LogP contribution in [0.3, 0.4) is 0 Å². The van der Waals surface area contributed by atoms with E-state index < -0.39 is 5.97 Å². The molecule has 0 unspecified atom stereocenters. The topological polar surface area (TPSA) is 81.9 Å². The molecule has 8 heteroatoms. The van der Waals surface area contributed by atoms with Gasteiger partial charge in [0.2, 0.25) is 0 Å². The Balaban J connectivity index is 1.72. The number of hydrogen-bond donors (Lipinski definition) is 1. The fourth-order valence-electron chi connectivity index (χ4n) is 2.69. The number of aromatic nitrogens is 4. The van der Waals surface area contributed by atoms with E-state index in [1.165, 1.54) is 25.6 Å². The summed E-state index contributed by atoms with van der Waals surface area (Å²) in [6.45, 7) is 0. The molecule has 0 aliphatic rings. The third kappa shape index (κ3) is 3.20. The molecule has 0 saturated heterocycles. The first kappa shape index (κ1) is 16.6. The lowest BCUT2D eigenvalue weighted by molar-refractivity contribution is 0.0601. The van der Waals surface area contributed by atoms with Crippen molar-refractivity contribution in [3.63, 3.8) is 0 Å². The van der Waals surface area contributed by atoms with E-state index in [2.05, 4.69) is 20.4 Å². The van der Waals surface area contributed by atoms with Gasteiger partial charge in [-0.3, -0.25) is 0 Å². The predicted molar refractivity (Wildman–Crippen MR) is 97.7 cm³/mol. The molecule has 0 bridgehead atoms. The van der Waals surface area contributed by atoms with Crippen molar-refractivity contribution in [2.75, 3.05) is 12.4 Å². The molecule has 2 aromatic heterocycles. The van der Waals surface area contributed by atoms with Crippen molar-refractivity contribution < 1.29 is 13.9 Å². The Kier molecular flexibility index (Phi) is 4.21. The maximum Gasteiger partial charge on any atom is 0.337 e. The maximum absolute atomic E-state index is 13.2. The number of hydrogen-bond acceptors (Lipinski definition) is 6. The molecular formula is C19H14FN5O2. The van der Waals surface area contributed by atoms with Gasteiger partial charge in [0, 0.05) is 5.69 Å².